The second kappa shape index (κ2) is 13.7. The van der Waals surface area contributed by atoms with Crippen LogP contribution in [0, 0.1) is 40.0 Å². The zero-order chi connectivity index (χ0) is 28.5. The first-order chi connectivity index (χ1) is 17.3. The summed E-state index contributed by atoms with van der Waals surface area (Å²) >= 11 is 0. The fraction of sp³-hybridized carbons (Fsp3) is 0.533. The third kappa shape index (κ3) is 10.5. The molecule has 0 aromatic rings. The molecule has 40 heavy (non-hydrogen) atoms. The van der Waals surface area contributed by atoms with Gasteiger partial charge in [0.05, 0.1) is 0 Å². The first-order valence-corrected chi connectivity index (χ1v) is 13.1. The van der Waals surface area contributed by atoms with E-state index in [0.717, 1.165) is 0 Å². The summed E-state index contributed by atoms with van der Waals surface area (Å²) in [6.07, 6.45) is 16.0. The Hall–Kier alpha value is -1.39. The normalized spacial score (nSPS) is 19.1. The van der Waals surface area contributed by atoms with Crippen molar-refractivity contribution < 1.29 is 39.0 Å². The molecular weight excluding hydrogens is 603 g/mol. The molecule has 0 saturated heterocycles. The summed E-state index contributed by atoms with van der Waals surface area (Å²) < 4.78 is 0. The van der Waals surface area contributed by atoms with Crippen molar-refractivity contribution in [1.82, 2.24) is 39.2 Å². The van der Waals surface area contributed by atoms with Crippen molar-refractivity contribution in [2.24, 2.45) is 0 Å². The second-order valence-corrected chi connectivity index (χ2v) is 13.6. The van der Waals surface area contributed by atoms with Gasteiger partial charge >= 0.3 is 39.0 Å². The van der Waals surface area contributed by atoms with Gasteiger partial charge in [0.1, 0.15) is 0 Å². The Morgan fingerprint density at radius 1 is 0.350 bits per heavy atom. The Bertz CT molecular complexity index is 759. The van der Waals surface area contributed by atoms with Crippen LogP contribution in [0.4, 0.5) is 0 Å². The van der Waals surface area contributed by atoms with Crippen molar-refractivity contribution in [3.63, 3.8) is 0 Å². The fourth-order valence-electron chi connectivity index (χ4n) is 3.34. The molecule has 0 saturated carbocycles. The quantitative estimate of drug-likeness (QED) is 0.303. The van der Waals surface area contributed by atoms with Crippen LogP contribution in [-0.2, 0) is 39.0 Å². The molecule has 4 heterocycles. The van der Waals surface area contributed by atoms with Gasteiger partial charge in [0, 0.05) is 47.0 Å². The van der Waals surface area contributed by atoms with E-state index in [9.17, 15) is 0 Å². The van der Waals surface area contributed by atoms with Crippen LogP contribution in [0.3, 0.4) is 0 Å². The Kier molecular flexibility index (Phi) is 12.6. The summed E-state index contributed by atoms with van der Waals surface area (Å²) in [5.41, 5.74) is 0.186. The molecule has 10 heteroatoms. The van der Waals surface area contributed by atoms with Crippen molar-refractivity contribution in [3.8, 4) is 0 Å². The van der Waals surface area contributed by atoms with E-state index in [1.165, 1.54) is 0 Å². The van der Waals surface area contributed by atoms with Gasteiger partial charge in [-0.25, -0.2) is 0 Å². The number of nitrogens with zero attached hydrogens (tertiary/aromatic N) is 8. The standard InChI is InChI=1S/2C15H23N4.2Zn.2H/c2*1-14(2,3)18-9-7-16(12-18)11-17-8-10-19(13-17)15(4,5)6;;;;/h2*7-11H,1-6H3;;;;/q2*-1;2*+1;;. The van der Waals surface area contributed by atoms with Crippen LogP contribution in [0.5, 0.6) is 0 Å². The van der Waals surface area contributed by atoms with Crippen LogP contribution in [0.1, 0.15) is 83.1 Å². The molecule has 8 nitrogen and oxygen atoms in total. The minimum atomic E-state index is 0. The molecule has 0 spiro atoms. The molecule has 0 aromatic heterocycles. The second-order valence-electron chi connectivity index (χ2n) is 13.6. The van der Waals surface area contributed by atoms with Crippen molar-refractivity contribution in [3.05, 3.63) is 89.6 Å². The molecule has 212 valence electrons. The van der Waals surface area contributed by atoms with Crippen molar-refractivity contribution in [2.45, 2.75) is 105 Å². The summed E-state index contributed by atoms with van der Waals surface area (Å²) in [4.78, 5) is 15.9. The van der Waals surface area contributed by atoms with Gasteiger partial charge in [0.2, 0.25) is 0 Å². The molecule has 0 aliphatic carbocycles. The predicted molar refractivity (Wildman–Crippen MR) is 155 cm³/mol. The summed E-state index contributed by atoms with van der Waals surface area (Å²) in [7, 11) is 0. The van der Waals surface area contributed by atoms with Crippen LogP contribution < -0.4 is 0 Å². The zero-order valence-electron chi connectivity index (χ0n) is 27.4. The molecule has 0 amide bonds. The van der Waals surface area contributed by atoms with E-state index < -0.39 is 0 Å². The average Bonchev–Trinajstić information content (AvgIpc) is 3.54. The van der Waals surface area contributed by atoms with E-state index in [2.05, 4.69) is 129 Å². The molecule has 4 aliphatic rings. The van der Waals surface area contributed by atoms with Crippen molar-refractivity contribution in [2.75, 3.05) is 0 Å². The number of hydrogen-bond donors (Lipinski definition) is 0. The number of rotatable bonds is 4. The number of hydrogen-bond acceptors (Lipinski definition) is 8. The summed E-state index contributed by atoms with van der Waals surface area (Å²) in [6, 6.07) is 0. The Labute approximate surface area is 271 Å². The zero-order valence-corrected chi connectivity index (χ0v) is 35.7. The van der Waals surface area contributed by atoms with Gasteiger partial charge in [0.25, 0.3) is 0 Å². The van der Waals surface area contributed by atoms with Crippen molar-refractivity contribution >= 4 is 0 Å². The van der Waals surface area contributed by atoms with Gasteiger partial charge < -0.3 is 39.2 Å². The first-order valence-electron chi connectivity index (χ1n) is 13.1. The summed E-state index contributed by atoms with van der Waals surface area (Å²) in [6.45, 7) is 42.9. The van der Waals surface area contributed by atoms with E-state index in [1.807, 2.05) is 82.5 Å². The minimum absolute atomic E-state index is 0. The third-order valence-corrected chi connectivity index (χ3v) is 5.79. The van der Waals surface area contributed by atoms with E-state index >= 15 is 0 Å². The van der Waals surface area contributed by atoms with Crippen LogP contribution in [-0.4, -0.2) is 61.4 Å². The van der Waals surface area contributed by atoms with Gasteiger partial charge in [-0.15, -0.1) is 0 Å². The SMILES string of the molecule is CC(C)(C)N1[C]N([CH-]N2[C]N(C(C)(C)C)C=C2)C=C1.CC(C)(C)N1[C]N([CH-]N2[C]N(C(C)(C)C)C=C2)C=C1.[ZnH+].[ZnH+]. The van der Waals surface area contributed by atoms with E-state index in [-0.39, 0.29) is 61.1 Å². The predicted octanol–water partition coefficient (Wildman–Crippen LogP) is 5.21. The topological polar surface area (TPSA) is 25.9 Å². The molecule has 4 rings (SSSR count). The van der Waals surface area contributed by atoms with Gasteiger partial charge in [-0.1, -0.05) is 0 Å². The van der Waals surface area contributed by atoms with Crippen LogP contribution in [0.15, 0.2) is 49.6 Å². The summed E-state index contributed by atoms with van der Waals surface area (Å²) in [5.74, 6) is 0. The van der Waals surface area contributed by atoms with Gasteiger partial charge in [-0.2, -0.15) is 13.3 Å². The molecule has 0 fully saturated rings. The molecule has 10 radical (unpaired) electrons. The van der Waals surface area contributed by atoms with E-state index in [4.69, 9.17) is 0 Å². The molecule has 0 unspecified atom stereocenters. The molecule has 0 atom stereocenters. The maximum atomic E-state index is 3.28. The van der Waals surface area contributed by atoms with Crippen LogP contribution in [0.2, 0.25) is 0 Å². The third-order valence-electron chi connectivity index (χ3n) is 5.79. The monoisotopic (exact) mass is 648 g/mol. The van der Waals surface area contributed by atoms with Crippen LogP contribution in [0.25, 0.3) is 0 Å². The van der Waals surface area contributed by atoms with Gasteiger partial charge in [0.15, 0.2) is 26.7 Å². The Balaban J connectivity index is 0.000000381. The molecular formula is C30H48N8Zn2. The molecule has 0 aromatic carbocycles. The molecule has 0 bridgehead atoms. The van der Waals surface area contributed by atoms with E-state index in [0.29, 0.717) is 0 Å². The summed E-state index contributed by atoms with van der Waals surface area (Å²) in [5, 5.41) is 0. The fourth-order valence-corrected chi connectivity index (χ4v) is 3.34. The maximum absolute atomic E-state index is 3.28. The Morgan fingerprint density at radius 2 is 0.525 bits per heavy atom. The van der Waals surface area contributed by atoms with E-state index in [1.54, 1.807) is 0 Å². The van der Waals surface area contributed by atoms with Gasteiger partial charge in [-0.05, 0) is 108 Å². The van der Waals surface area contributed by atoms with Gasteiger partial charge in [-0.3, -0.25) is 0 Å². The van der Waals surface area contributed by atoms with Crippen molar-refractivity contribution in [1.29, 1.82) is 0 Å². The first kappa shape index (κ1) is 36.6. The Morgan fingerprint density at radius 3 is 0.650 bits per heavy atom. The van der Waals surface area contributed by atoms with Crippen LogP contribution >= 0.6 is 0 Å². The average molecular weight is 652 g/mol. The molecule has 0 N–H and O–H groups in total. The molecule has 4 aliphatic heterocycles.